The lowest BCUT2D eigenvalue weighted by atomic mass is 10.0. The van der Waals surface area contributed by atoms with Crippen LogP contribution < -0.4 is 10.9 Å². The smallest absolute Gasteiger partial charge is 0.272 e. The zero-order valence-corrected chi connectivity index (χ0v) is 9.65. The molecular formula is C12H13N3O2. The van der Waals surface area contributed by atoms with Crippen molar-refractivity contribution in [3.8, 4) is 0 Å². The van der Waals surface area contributed by atoms with Gasteiger partial charge in [0.2, 0.25) is 5.91 Å². The largest absolute Gasteiger partial charge is 0.359 e. The van der Waals surface area contributed by atoms with Gasteiger partial charge in [0.1, 0.15) is 0 Å². The Balaban J connectivity index is 2.67. The fraction of sp³-hybridized carbons (Fsp3) is 0.250. The standard InChI is InChI=1S/C12H13N3O2/c1-7(11(16)13-2)10-8-5-3-4-6-9(8)12(17)15-14-10/h3-7H,1-2H3,(H,13,16)(H,15,17). The second-order valence-electron chi connectivity index (χ2n) is 3.82. The number of fused-ring (bicyclic) bond motifs is 1. The summed E-state index contributed by atoms with van der Waals surface area (Å²) in [5.74, 6) is -0.531. The molecule has 0 aliphatic heterocycles. The number of aromatic amines is 1. The number of benzene rings is 1. The Hall–Kier alpha value is -2.17. The van der Waals surface area contributed by atoms with E-state index >= 15 is 0 Å². The van der Waals surface area contributed by atoms with E-state index in [2.05, 4.69) is 15.5 Å². The number of carbonyl (C=O) groups excluding carboxylic acids is 1. The number of nitrogens with zero attached hydrogens (tertiary/aromatic N) is 1. The number of H-pyrrole nitrogens is 1. The van der Waals surface area contributed by atoms with Crippen molar-refractivity contribution in [3.63, 3.8) is 0 Å². The molecule has 1 atom stereocenters. The topological polar surface area (TPSA) is 74.8 Å². The maximum atomic E-state index is 11.6. The van der Waals surface area contributed by atoms with Gasteiger partial charge in [0, 0.05) is 12.4 Å². The third-order valence-corrected chi connectivity index (χ3v) is 2.78. The van der Waals surface area contributed by atoms with Gasteiger partial charge in [-0.15, -0.1) is 0 Å². The predicted octanol–water partition coefficient (Wildman–Crippen LogP) is 0.773. The summed E-state index contributed by atoms with van der Waals surface area (Å²) in [5.41, 5.74) is 0.341. The third-order valence-electron chi connectivity index (χ3n) is 2.78. The molecule has 0 aliphatic carbocycles. The molecule has 0 bridgehead atoms. The van der Waals surface area contributed by atoms with Gasteiger partial charge in [-0.25, -0.2) is 5.10 Å². The summed E-state index contributed by atoms with van der Waals surface area (Å²) >= 11 is 0. The molecule has 2 N–H and O–H groups in total. The minimum absolute atomic E-state index is 0.130. The number of rotatable bonds is 2. The highest BCUT2D eigenvalue weighted by atomic mass is 16.2. The molecule has 0 radical (unpaired) electrons. The Morgan fingerprint density at radius 1 is 1.35 bits per heavy atom. The summed E-state index contributed by atoms with van der Waals surface area (Å²) in [4.78, 5) is 23.2. The second-order valence-corrected chi connectivity index (χ2v) is 3.82. The minimum Gasteiger partial charge on any atom is -0.359 e. The predicted molar refractivity (Wildman–Crippen MR) is 64.8 cm³/mol. The van der Waals surface area contributed by atoms with Crippen LogP contribution in [0.5, 0.6) is 0 Å². The summed E-state index contributed by atoms with van der Waals surface area (Å²) in [5, 5.41) is 10.2. The summed E-state index contributed by atoms with van der Waals surface area (Å²) in [6.45, 7) is 1.76. The Kier molecular flexibility index (Phi) is 2.91. The minimum atomic E-state index is -0.401. The van der Waals surface area contributed by atoms with Crippen LogP contribution in [0.25, 0.3) is 10.8 Å². The molecule has 5 heteroatoms. The van der Waals surface area contributed by atoms with Gasteiger partial charge in [-0.05, 0) is 13.0 Å². The highest BCUT2D eigenvalue weighted by Gasteiger charge is 2.18. The third kappa shape index (κ3) is 1.91. The molecule has 2 rings (SSSR count). The molecule has 17 heavy (non-hydrogen) atoms. The van der Waals surface area contributed by atoms with Gasteiger partial charge in [-0.1, -0.05) is 18.2 Å². The maximum absolute atomic E-state index is 11.6. The van der Waals surface area contributed by atoms with Gasteiger partial charge in [0.25, 0.3) is 5.56 Å². The molecule has 0 saturated carbocycles. The zero-order valence-electron chi connectivity index (χ0n) is 9.65. The fourth-order valence-electron chi connectivity index (χ4n) is 1.81. The molecule has 1 aromatic heterocycles. The van der Waals surface area contributed by atoms with Crippen molar-refractivity contribution in [3.05, 3.63) is 40.3 Å². The van der Waals surface area contributed by atoms with Crippen molar-refractivity contribution in [1.29, 1.82) is 0 Å². The molecule has 0 spiro atoms. The van der Waals surface area contributed by atoms with Gasteiger partial charge in [0.05, 0.1) is 17.0 Å². The summed E-state index contributed by atoms with van der Waals surface area (Å²) in [6.07, 6.45) is 0. The van der Waals surface area contributed by atoms with Crippen LogP contribution in [-0.2, 0) is 4.79 Å². The van der Waals surface area contributed by atoms with Gasteiger partial charge >= 0.3 is 0 Å². The first-order valence-corrected chi connectivity index (χ1v) is 5.34. The lowest BCUT2D eigenvalue weighted by Crippen LogP contribution is -2.25. The highest BCUT2D eigenvalue weighted by Crippen LogP contribution is 2.20. The van der Waals surface area contributed by atoms with E-state index in [1.165, 1.54) is 0 Å². The quantitative estimate of drug-likeness (QED) is 0.801. The number of amides is 1. The van der Waals surface area contributed by atoms with Gasteiger partial charge in [0.15, 0.2) is 0 Å². The molecule has 1 heterocycles. The van der Waals surface area contributed by atoms with Crippen LogP contribution >= 0.6 is 0 Å². The van der Waals surface area contributed by atoms with Crippen LogP contribution in [0.3, 0.4) is 0 Å². The first-order chi connectivity index (χ1) is 8.15. The van der Waals surface area contributed by atoms with Crippen molar-refractivity contribution >= 4 is 16.7 Å². The van der Waals surface area contributed by atoms with E-state index in [0.717, 1.165) is 0 Å². The average molecular weight is 231 g/mol. The van der Waals surface area contributed by atoms with Crippen LogP contribution in [0.1, 0.15) is 18.5 Å². The molecule has 0 saturated heterocycles. The molecule has 0 fully saturated rings. The van der Waals surface area contributed by atoms with E-state index in [0.29, 0.717) is 16.5 Å². The second kappa shape index (κ2) is 4.37. The molecule has 5 nitrogen and oxygen atoms in total. The van der Waals surface area contributed by atoms with E-state index in [-0.39, 0.29) is 11.5 Å². The molecule has 88 valence electrons. The Labute approximate surface area is 97.9 Å². The van der Waals surface area contributed by atoms with Crippen molar-refractivity contribution in [2.75, 3.05) is 7.05 Å². The van der Waals surface area contributed by atoms with Gasteiger partial charge < -0.3 is 5.32 Å². The van der Waals surface area contributed by atoms with Gasteiger partial charge in [-0.2, -0.15) is 5.10 Å². The van der Waals surface area contributed by atoms with Crippen molar-refractivity contribution in [2.24, 2.45) is 0 Å². The first-order valence-electron chi connectivity index (χ1n) is 5.34. The molecule has 2 aromatic rings. The van der Waals surface area contributed by atoms with E-state index in [1.807, 2.05) is 6.07 Å². The molecule has 1 amide bonds. The summed E-state index contributed by atoms with van der Waals surface area (Å²) in [6, 6.07) is 7.12. The monoisotopic (exact) mass is 231 g/mol. The number of carbonyl (C=O) groups is 1. The maximum Gasteiger partial charge on any atom is 0.272 e. The average Bonchev–Trinajstić information content (AvgIpc) is 2.38. The Morgan fingerprint density at radius 2 is 2.00 bits per heavy atom. The SMILES string of the molecule is CNC(=O)C(C)c1n[nH]c(=O)c2ccccc12. The summed E-state index contributed by atoms with van der Waals surface area (Å²) < 4.78 is 0. The number of aromatic nitrogens is 2. The molecule has 1 unspecified atom stereocenters. The molecule has 0 aliphatic rings. The van der Waals surface area contributed by atoms with E-state index < -0.39 is 5.92 Å². The highest BCUT2D eigenvalue weighted by molar-refractivity contribution is 5.90. The zero-order chi connectivity index (χ0) is 12.4. The van der Waals surface area contributed by atoms with Crippen molar-refractivity contribution in [2.45, 2.75) is 12.8 Å². The van der Waals surface area contributed by atoms with E-state index in [9.17, 15) is 9.59 Å². The van der Waals surface area contributed by atoms with E-state index in [1.54, 1.807) is 32.2 Å². The van der Waals surface area contributed by atoms with Gasteiger partial charge in [-0.3, -0.25) is 9.59 Å². The van der Waals surface area contributed by atoms with Crippen LogP contribution in [0, 0.1) is 0 Å². The number of likely N-dealkylation sites (N-methyl/N-ethyl adjacent to an activating group) is 1. The normalized spacial score (nSPS) is 12.4. The van der Waals surface area contributed by atoms with Crippen molar-refractivity contribution < 1.29 is 4.79 Å². The number of nitrogens with one attached hydrogen (secondary N) is 2. The number of hydrogen-bond acceptors (Lipinski definition) is 3. The lowest BCUT2D eigenvalue weighted by molar-refractivity contribution is -0.121. The summed E-state index contributed by atoms with van der Waals surface area (Å²) in [7, 11) is 1.58. The molecular weight excluding hydrogens is 218 g/mol. The van der Waals surface area contributed by atoms with Crippen LogP contribution in [0.15, 0.2) is 29.1 Å². The Morgan fingerprint density at radius 3 is 2.65 bits per heavy atom. The van der Waals surface area contributed by atoms with Crippen LogP contribution in [0.2, 0.25) is 0 Å². The first kappa shape index (κ1) is 11.3. The van der Waals surface area contributed by atoms with Crippen LogP contribution in [0.4, 0.5) is 0 Å². The Bertz CT molecular complexity index is 618. The molecule has 1 aromatic carbocycles. The van der Waals surface area contributed by atoms with Crippen LogP contribution in [-0.4, -0.2) is 23.2 Å². The van der Waals surface area contributed by atoms with Crippen molar-refractivity contribution in [1.82, 2.24) is 15.5 Å². The fourth-order valence-corrected chi connectivity index (χ4v) is 1.81. The number of hydrogen-bond donors (Lipinski definition) is 2. The lowest BCUT2D eigenvalue weighted by Gasteiger charge is -2.11. The van der Waals surface area contributed by atoms with E-state index in [4.69, 9.17) is 0 Å².